The van der Waals surface area contributed by atoms with Gasteiger partial charge in [0.1, 0.15) is 0 Å². The van der Waals surface area contributed by atoms with Gasteiger partial charge in [-0.2, -0.15) is 13.2 Å². The monoisotopic (exact) mass is 419 g/mol. The number of carbonyl (C=O) groups excluding carboxylic acids is 1. The predicted octanol–water partition coefficient (Wildman–Crippen LogP) is 4.25. The van der Waals surface area contributed by atoms with Crippen molar-refractivity contribution in [3.8, 4) is 11.3 Å². The Morgan fingerprint density at radius 1 is 1.20 bits per heavy atom. The van der Waals surface area contributed by atoms with Gasteiger partial charge in [-0.15, -0.1) is 0 Å². The van der Waals surface area contributed by atoms with E-state index in [0.29, 0.717) is 36.8 Å². The van der Waals surface area contributed by atoms with Gasteiger partial charge in [0.05, 0.1) is 34.0 Å². The number of halogens is 3. The number of nitrogens with one attached hydrogen (secondary N) is 1. The van der Waals surface area contributed by atoms with E-state index in [1.165, 1.54) is 24.3 Å². The zero-order valence-corrected chi connectivity index (χ0v) is 16.2. The third-order valence-electron chi connectivity index (χ3n) is 5.40. The van der Waals surface area contributed by atoms with Crippen LogP contribution in [0.5, 0.6) is 0 Å². The molecule has 1 aromatic carbocycles. The molecule has 0 bridgehead atoms. The van der Waals surface area contributed by atoms with Crippen LogP contribution < -0.4 is 5.32 Å². The topological polar surface area (TPSA) is 88.2 Å². The highest BCUT2D eigenvalue weighted by atomic mass is 19.4. The number of hydrogen-bond acceptors (Lipinski definition) is 5. The number of carbonyl (C=O) groups is 1. The Morgan fingerprint density at radius 3 is 2.60 bits per heavy atom. The van der Waals surface area contributed by atoms with E-state index in [1.54, 1.807) is 6.92 Å². The molecular weight excluding hydrogens is 399 g/mol. The zero-order chi connectivity index (χ0) is 21.5. The maximum absolute atomic E-state index is 13.5. The fourth-order valence-corrected chi connectivity index (χ4v) is 3.85. The summed E-state index contributed by atoms with van der Waals surface area (Å²) in [5.74, 6) is -0.430. The molecule has 0 spiro atoms. The number of amides is 1. The molecule has 0 unspecified atom stereocenters. The Hall–Kier alpha value is -2.94. The van der Waals surface area contributed by atoms with Gasteiger partial charge in [-0.1, -0.05) is 23.4 Å². The lowest BCUT2D eigenvalue weighted by molar-refractivity contribution is -0.137. The summed E-state index contributed by atoms with van der Waals surface area (Å²) in [5, 5.41) is 16.8. The second-order valence-electron chi connectivity index (χ2n) is 7.53. The Kier molecular flexibility index (Phi) is 5.23. The summed E-state index contributed by atoms with van der Waals surface area (Å²) < 4.78 is 45.6. The molecule has 9 heteroatoms. The van der Waals surface area contributed by atoms with Gasteiger partial charge in [0.25, 0.3) is 11.6 Å². The number of aryl methyl sites for hydroxylation is 1. The van der Waals surface area contributed by atoms with E-state index < -0.39 is 17.6 Å². The first kappa shape index (κ1) is 20.3. The van der Waals surface area contributed by atoms with Crippen LogP contribution in [-0.2, 0) is 6.18 Å². The van der Waals surface area contributed by atoms with Gasteiger partial charge >= 0.3 is 6.18 Å². The third kappa shape index (κ3) is 3.89. The fraction of sp³-hybridized carbons (Fsp3) is 0.381. The van der Waals surface area contributed by atoms with E-state index in [2.05, 4.69) is 15.5 Å². The Balaban J connectivity index is 1.77. The minimum absolute atomic E-state index is 0.00574. The van der Waals surface area contributed by atoms with Crippen molar-refractivity contribution in [1.82, 2.24) is 15.5 Å². The predicted molar refractivity (Wildman–Crippen MR) is 103 cm³/mol. The van der Waals surface area contributed by atoms with Crippen LogP contribution in [0.3, 0.4) is 0 Å². The Morgan fingerprint density at radius 2 is 1.90 bits per heavy atom. The molecule has 158 valence electrons. The van der Waals surface area contributed by atoms with Crippen molar-refractivity contribution in [3.05, 3.63) is 47.2 Å². The quantitative estimate of drug-likeness (QED) is 0.663. The summed E-state index contributed by atoms with van der Waals surface area (Å²) >= 11 is 0. The molecule has 0 saturated heterocycles. The van der Waals surface area contributed by atoms with Crippen molar-refractivity contribution in [3.63, 3.8) is 0 Å². The molecule has 30 heavy (non-hydrogen) atoms. The Bertz CT molecular complexity index is 1090. The smallest absolute Gasteiger partial charge is 0.393 e. The van der Waals surface area contributed by atoms with Gasteiger partial charge in [0.2, 0.25) is 0 Å². The van der Waals surface area contributed by atoms with Gasteiger partial charge in [0.15, 0.2) is 0 Å². The van der Waals surface area contributed by atoms with Crippen LogP contribution in [0.15, 0.2) is 34.9 Å². The van der Waals surface area contributed by atoms with Crippen LogP contribution in [0.1, 0.15) is 47.3 Å². The molecule has 0 aliphatic heterocycles. The number of rotatable bonds is 3. The van der Waals surface area contributed by atoms with E-state index in [1.807, 2.05) is 0 Å². The highest BCUT2D eigenvalue weighted by Crippen LogP contribution is 2.37. The van der Waals surface area contributed by atoms with Crippen LogP contribution in [0.4, 0.5) is 13.2 Å². The molecule has 4 rings (SSSR count). The molecule has 1 aliphatic carbocycles. The SMILES string of the molecule is Cc1noc2nc(-c3ccccc3C(F)(F)F)cc(C(=O)NC3CCC(O)CC3)c12. The number of alkyl halides is 3. The second kappa shape index (κ2) is 7.71. The maximum atomic E-state index is 13.5. The van der Waals surface area contributed by atoms with Crippen molar-refractivity contribution in [1.29, 1.82) is 0 Å². The number of nitrogens with zero attached hydrogens (tertiary/aromatic N) is 2. The summed E-state index contributed by atoms with van der Waals surface area (Å²) in [7, 11) is 0. The standard InChI is InChI=1S/C21H20F3N3O3/c1-11-18-15(19(29)25-12-6-8-13(28)9-7-12)10-17(26-20(18)30-27-11)14-4-2-3-5-16(14)21(22,23)24/h2-5,10,12-13,28H,6-9H2,1H3,(H,25,29). The normalized spacial score (nSPS) is 19.8. The van der Waals surface area contributed by atoms with Crippen molar-refractivity contribution >= 4 is 17.0 Å². The zero-order valence-electron chi connectivity index (χ0n) is 16.2. The number of aromatic nitrogens is 2. The van der Waals surface area contributed by atoms with Gasteiger partial charge < -0.3 is 14.9 Å². The van der Waals surface area contributed by atoms with Crippen LogP contribution >= 0.6 is 0 Å². The maximum Gasteiger partial charge on any atom is 0.417 e. The number of fused-ring (bicyclic) bond motifs is 1. The molecular formula is C21H20F3N3O3. The third-order valence-corrected chi connectivity index (χ3v) is 5.40. The molecule has 1 fully saturated rings. The van der Waals surface area contributed by atoms with E-state index in [9.17, 15) is 23.1 Å². The van der Waals surface area contributed by atoms with Gasteiger partial charge in [-0.3, -0.25) is 4.79 Å². The molecule has 0 atom stereocenters. The molecule has 1 amide bonds. The number of benzene rings is 1. The van der Waals surface area contributed by atoms with Crippen molar-refractivity contribution in [2.45, 2.75) is 50.9 Å². The van der Waals surface area contributed by atoms with Crippen LogP contribution in [-0.4, -0.2) is 33.3 Å². The number of pyridine rings is 1. The largest absolute Gasteiger partial charge is 0.417 e. The first-order valence-electron chi connectivity index (χ1n) is 9.66. The summed E-state index contributed by atoms with van der Waals surface area (Å²) in [6.07, 6.45) is -2.49. The number of aliphatic hydroxyl groups excluding tert-OH is 1. The molecule has 1 aliphatic rings. The van der Waals surface area contributed by atoms with Crippen LogP contribution in [0.2, 0.25) is 0 Å². The average molecular weight is 419 g/mol. The molecule has 2 aromatic heterocycles. The van der Waals surface area contributed by atoms with Crippen molar-refractivity contribution in [2.24, 2.45) is 0 Å². The fourth-order valence-electron chi connectivity index (χ4n) is 3.85. The number of hydrogen-bond donors (Lipinski definition) is 2. The van der Waals surface area contributed by atoms with Gasteiger partial charge in [0, 0.05) is 11.6 Å². The molecule has 6 nitrogen and oxygen atoms in total. The molecule has 2 heterocycles. The summed E-state index contributed by atoms with van der Waals surface area (Å²) in [6, 6.07) is 6.30. The molecule has 0 radical (unpaired) electrons. The van der Waals surface area contributed by atoms with E-state index in [0.717, 1.165) is 6.07 Å². The van der Waals surface area contributed by atoms with Crippen LogP contribution in [0, 0.1) is 6.92 Å². The minimum atomic E-state index is -4.57. The van der Waals surface area contributed by atoms with Crippen LogP contribution in [0.25, 0.3) is 22.4 Å². The highest BCUT2D eigenvalue weighted by molar-refractivity contribution is 6.07. The lowest BCUT2D eigenvalue weighted by Gasteiger charge is -2.26. The lowest BCUT2D eigenvalue weighted by Crippen LogP contribution is -2.38. The highest BCUT2D eigenvalue weighted by Gasteiger charge is 2.34. The summed E-state index contributed by atoms with van der Waals surface area (Å²) in [5.41, 5.74) is -0.410. The molecule has 2 N–H and O–H groups in total. The van der Waals surface area contributed by atoms with E-state index in [4.69, 9.17) is 4.52 Å². The number of aliphatic hydroxyl groups is 1. The average Bonchev–Trinajstić information content (AvgIpc) is 3.09. The summed E-state index contributed by atoms with van der Waals surface area (Å²) in [6.45, 7) is 1.64. The minimum Gasteiger partial charge on any atom is -0.393 e. The molecule has 3 aromatic rings. The van der Waals surface area contributed by atoms with E-state index in [-0.39, 0.29) is 34.7 Å². The van der Waals surface area contributed by atoms with E-state index >= 15 is 0 Å². The second-order valence-corrected chi connectivity index (χ2v) is 7.53. The van der Waals surface area contributed by atoms with Gasteiger partial charge in [-0.25, -0.2) is 4.98 Å². The van der Waals surface area contributed by atoms with Crippen molar-refractivity contribution in [2.75, 3.05) is 0 Å². The lowest BCUT2D eigenvalue weighted by atomic mass is 9.92. The van der Waals surface area contributed by atoms with Crippen molar-refractivity contribution < 1.29 is 27.6 Å². The first-order chi connectivity index (χ1) is 14.2. The first-order valence-corrected chi connectivity index (χ1v) is 9.66. The molecule has 1 saturated carbocycles. The Labute approximate surface area is 170 Å². The summed E-state index contributed by atoms with van der Waals surface area (Å²) in [4.78, 5) is 17.2. The van der Waals surface area contributed by atoms with Gasteiger partial charge in [-0.05, 0) is 44.7 Å².